The number of carbonyl (C=O) groups is 1. The van der Waals surface area contributed by atoms with E-state index >= 15 is 0 Å². The van der Waals surface area contributed by atoms with Gasteiger partial charge in [-0.15, -0.1) is 0 Å². The molecular weight excluding hydrogens is 402 g/mol. The standard InChI is InChI=1S/C20H16ClNO3S2/c1-3-9-25-15-6-4-5-13(10-15)11-18-19(23)22(20(26)27-18)14-7-8-17(24-2)16(21)12-14/h3-8,10-12H,1,9H2,2H3/b18-11+. The van der Waals surface area contributed by atoms with E-state index in [0.29, 0.717) is 38.0 Å². The molecule has 138 valence electrons. The maximum atomic E-state index is 12.9. The van der Waals surface area contributed by atoms with Crippen molar-refractivity contribution in [3.63, 3.8) is 0 Å². The maximum Gasteiger partial charge on any atom is 0.270 e. The number of halogens is 1. The van der Waals surface area contributed by atoms with E-state index in [9.17, 15) is 4.79 Å². The Hall–Kier alpha value is -2.28. The van der Waals surface area contributed by atoms with Gasteiger partial charge in [0.15, 0.2) is 4.32 Å². The molecule has 0 radical (unpaired) electrons. The fourth-order valence-corrected chi connectivity index (χ4v) is 4.04. The SMILES string of the molecule is C=CCOc1cccc(/C=C2/SC(=S)N(c3ccc(OC)c(Cl)c3)C2=O)c1. The molecule has 4 nitrogen and oxygen atoms in total. The molecule has 0 atom stereocenters. The van der Waals surface area contributed by atoms with Crippen LogP contribution >= 0.6 is 35.6 Å². The minimum absolute atomic E-state index is 0.191. The number of thiocarbonyl (C=S) groups is 1. The van der Waals surface area contributed by atoms with Crippen LogP contribution in [0, 0.1) is 0 Å². The van der Waals surface area contributed by atoms with Crippen molar-refractivity contribution in [3.05, 3.63) is 70.6 Å². The lowest BCUT2D eigenvalue weighted by molar-refractivity contribution is -0.113. The lowest BCUT2D eigenvalue weighted by Crippen LogP contribution is -2.27. The quantitative estimate of drug-likeness (QED) is 0.361. The van der Waals surface area contributed by atoms with E-state index in [2.05, 4.69) is 6.58 Å². The van der Waals surface area contributed by atoms with Crippen molar-refractivity contribution in [1.82, 2.24) is 0 Å². The number of carbonyl (C=O) groups excluding carboxylic acids is 1. The number of hydrogen-bond acceptors (Lipinski definition) is 5. The number of rotatable bonds is 6. The van der Waals surface area contributed by atoms with E-state index in [1.807, 2.05) is 24.3 Å². The number of anilines is 1. The van der Waals surface area contributed by atoms with Crippen molar-refractivity contribution in [2.75, 3.05) is 18.6 Å². The van der Waals surface area contributed by atoms with Crippen molar-refractivity contribution >= 4 is 57.6 Å². The predicted molar refractivity (Wildman–Crippen MR) is 116 cm³/mol. The van der Waals surface area contributed by atoms with Gasteiger partial charge in [0, 0.05) is 0 Å². The van der Waals surface area contributed by atoms with E-state index in [1.165, 1.54) is 23.8 Å². The second-order valence-corrected chi connectivity index (χ2v) is 7.59. The average Bonchev–Trinajstić information content (AvgIpc) is 2.93. The largest absolute Gasteiger partial charge is 0.495 e. The van der Waals surface area contributed by atoms with E-state index in [-0.39, 0.29) is 5.91 Å². The summed E-state index contributed by atoms with van der Waals surface area (Å²) in [6, 6.07) is 12.6. The minimum atomic E-state index is -0.191. The van der Waals surface area contributed by atoms with Gasteiger partial charge in [-0.1, -0.05) is 60.4 Å². The number of thioether (sulfide) groups is 1. The van der Waals surface area contributed by atoms with Gasteiger partial charge < -0.3 is 9.47 Å². The van der Waals surface area contributed by atoms with Crippen LogP contribution in [0.5, 0.6) is 11.5 Å². The summed E-state index contributed by atoms with van der Waals surface area (Å²) >= 11 is 12.8. The number of hydrogen-bond donors (Lipinski definition) is 0. The molecule has 1 aliphatic rings. The van der Waals surface area contributed by atoms with E-state index < -0.39 is 0 Å². The third kappa shape index (κ3) is 4.35. The number of methoxy groups -OCH3 is 1. The summed E-state index contributed by atoms with van der Waals surface area (Å²) < 4.78 is 11.1. The second-order valence-electron chi connectivity index (χ2n) is 5.51. The zero-order valence-corrected chi connectivity index (χ0v) is 16.9. The molecule has 1 heterocycles. The third-order valence-corrected chi connectivity index (χ3v) is 5.31. The van der Waals surface area contributed by atoms with E-state index in [1.54, 1.807) is 30.4 Å². The molecule has 2 aromatic rings. The summed E-state index contributed by atoms with van der Waals surface area (Å²) in [6.45, 7) is 4.05. The summed E-state index contributed by atoms with van der Waals surface area (Å²) in [5.74, 6) is 1.06. The Morgan fingerprint density at radius 3 is 2.81 bits per heavy atom. The Kier molecular flexibility index (Phi) is 6.21. The fourth-order valence-electron chi connectivity index (χ4n) is 2.49. The zero-order chi connectivity index (χ0) is 19.4. The Labute approximate surface area is 172 Å². The van der Waals surface area contributed by atoms with Gasteiger partial charge in [-0.3, -0.25) is 9.69 Å². The normalized spacial score (nSPS) is 15.3. The molecule has 0 unspecified atom stereocenters. The summed E-state index contributed by atoms with van der Waals surface area (Å²) in [5, 5.41) is 0.417. The first-order valence-corrected chi connectivity index (χ1v) is 9.59. The summed E-state index contributed by atoms with van der Waals surface area (Å²) in [7, 11) is 1.54. The predicted octanol–water partition coefficient (Wildman–Crippen LogP) is 5.32. The summed E-state index contributed by atoms with van der Waals surface area (Å²) in [6.07, 6.45) is 3.48. The van der Waals surface area contributed by atoms with Crippen LogP contribution in [0.25, 0.3) is 6.08 Å². The number of ether oxygens (including phenoxy) is 2. The highest BCUT2D eigenvalue weighted by molar-refractivity contribution is 8.27. The lowest BCUT2D eigenvalue weighted by atomic mass is 10.2. The molecule has 1 aliphatic heterocycles. The molecule has 7 heteroatoms. The topological polar surface area (TPSA) is 38.8 Å². The van der Waals surface area contributed by atoms with Gasteiger partial charge in [0.1, 0.15) is 18.1 Å². The van der Waals surface area contributed by atoms with Crippen molar-refractivity contribution in [3.8, 4) is 11.5 Å². The van der Waals surface area contributed by atoms with Crippen LogP contribution < -0.4 is 14.4 Å². The first-order chi connectivity index (χ1) is 13.0. The lowest BCUT2D eigenvalue weighted by Gasteiger charge is -2.15. The van der Waals surface area contributed by atoms with Gasteiger partial charge in [-0.05, 0) is 42.0 Å². The van der Waals surface area contributed by atoms with Gasteiger partial charge in [-0.2, -0.15) is 0 Å². The molecule has 0 spiro atoms. The van der Waals surface area contributed by atoms with Crippen molar-refractivity contribution < 1.29 is 14.3 Å². The van der Waals surface area contributed by atoms with Crippen molar-refractivity contribution in [1.29, 1.82) is 0 Å². The molecule has 27 heavy (non-hydrogen) atoms. The third-order valence-electron chi connectivity index (χ3n) is 3.71. The van der Waals surface area contributed by atoms with Crippen LogP contribution in [0.1, 0.15) is 5.56 Å². The average molecular weight is 418 g/mol. The van der Waals surface area contributed by atoms with Crippen molar-refractivity contribution in [2.45, 2.75) is 0 Å². The van der Waals surface area contributed by atoms with Gasteiger partial charge in [0.2, 0.25) is 0 Å². The second kappa shape index (κ2) is 8.61. The van der Waals surface area contributed by atoms with Crippen molar-refractivity contribution in [2.24, 2.45) is 0 Å². The van der Waals surface area contributed by atoms with Crippen LogP contribution in [-0.2, 0) is 4.79 Å². The fraction of sp³-hybridized carbons (Fsp3) is 0.100. The van der Waals surface area contributed by atoms with Crippen LogP contribution in [0.4, 0.5) is 5.69 Å². The maximum absolute atomic E-state index is 12.9. The van der Waals surface area contributed by atoms with Crippen LogP contribution in [-0.4, -0.2) is 23.9 Å². The van der Waals surface area contributed by atoms with Gasteiger partial charge >= 0.3 is 0 Å². The molecule has 0 N–H and O–H groups in total. The Bertz CT molecular complexity index is 943. The van der Waals surface area contributed by atoms with Crippen LogP contribution in [0.3, 0.4) is 0 Å². The molecule has 2 aromatic carbocycles. The molecule has 0 bridgehead atoms. The van der Waals surface area contributed by atoms with Crippen LogP contribution in [0.15, 0.2) is 60.0 Å². The molecule has 0 aromatic heterocycles. The highest BCUT2D eigenvalue weighted by atomic mass is 35.5. The summed E-state index contributed by atoms with van der Waals surface area (Å²) in [5.41, 5.74) is 1.46. The molecule has 0 aliphatic carbocycles. The van der Waals surface area contributed by atoms with E-state index in [4.69, 9.17) is 33.3 Å². The minimum Gasteiger partial charge on any atom is -0.495 e. The first kappa shape index (κ1) is 19.5. The molecular formula is C20H16ClNO3S2. The first-order valence-electron chi connectivity index (χ1n) is 7.98. The smallest absolute Gasteiger partial charge is 0.270 e. The number of nitrogens with zero attached hydrogens (tertiary/aromatic N) is 1. The Morgan fingerprint density at radius 1 is 1.30 bits per heavy atom. The zero-order valence-electron chi connectivity index (χ0n) is 14.5. The molecule has 1 amide bonds. The van der Waals surface area contributed by atoms with Gasteiger partial charge in [0.05, 0.1) is 22.7 Å². The number of benzene rings is 2. The molecule has 3 rings (SSSR count). The monoisotopic (exact) mass is 417 g/mol. The molecule has 0 saturated carbocycles. The Morgan fingerprint density at radius 2 is 2.11 bits per heavy atom. The number of amides is 1. The molecule has 1 saturated heterocycles. The van der Waals surface area contributed by atoms with E-state index in [0.717, 1.165) is 5.56 Å². The summed E-state index contributed by atoms with van der Waals surface area (Å²) in [4.78, 5) is 14.9. The Balaban J connectivity index is 1.86. The van der Waals surface area contributed by atoms with Gasteiger partial charge in [0.25, 0.3) is 5.91 Å². The molecule has 1 fully saturated rings. The highest BCUT2D eigenvalue weighted by Gasteiger charge is 2.33. The van der Waals surface area contributed by atoms with Gasteiger partial charge in [-0.25, -0.2) is 0 Å². The highest BCUT2D eigenvalue weighted by Crippen LogP contribution is 2.38. The van der Waals surface area contributed by atoms with Crippen LogP contribution in [0.2, 0.25) is 5.02 Å².